The monoisotopic (exact) mass is 308 g/mol. The molecule has 2 saturated heterocycles. The molecule has 0 saturated carbocycles. The number of piperidine rings is 1. The van der Waals surface area contributed by atoms with Crippen LogP contribution < -0.4 is 5.32 Å². The molecular formula is C14H20N4O4. The van der Waals surface area contributed by atoms with Crippen LogP contribution in [-0.4, -0.2) is 58.7 Å². The molecule has 2 atom stereocenters. The molecule has 0 aliphatic carbocycles. The highest BCUT2D eigenvalue weighted by Crippen LogP contribution is 2.18. The van der Waals surface area contributed by atoms with Gasteiger partial charge in [0.2, 0.25) is 17.7 Å². The number of fused-ring (bicyclic) bond motifs is 1. The van der Waals surface area contributed by atoms with Gasteiger partial charge in [0, 0.05) is 32.4 Å². The molecule has 2 aliphatic rings. The molecule has 1 aromatic heterocycles. The van der Waals surface area contributed by atoms with Crippen LogP contribution in [-0.2, 0) is 27.2 Å². The Hall–Kier alpha value is -1.96. The third-order valence-corrected chi connectivity index (χ3v) is 4.06. The van der Waals surface area contributed by atoms with E-state index in [1.54, 1.807) is 4.90 Å². The molecule has 0 unspecified atom stereocenters. The van der Waals surface area contributed by atoms with Gasteiger partial charge in [-0.05, 0) is 6.42 Å². The van der Waals surface area contributed by atoms with E-state index in [-0.39, 0.29) is 30.6 Å². The van der Waals surface area contributed by atoms with E-state index in [4.69, 9.17) is 9.26 Å². The highest BCUT2D eigenvalue weighted by Gasteiger charge is 2.36. The number of amides is 2. The van der Waals surface area contributed by atoms with Crippen LogP contribution in [0.25, 0.3) is 0 Å². The zero-order chi connectivity index (χ0) is 15.5. The fraction of sp³-hybridized carbons (Fsp3) is 0.714. The molecule has 0 radical (unpaired) electrons. The molecule has 0 aromatic carbocycles. The quantitative estimate of drug-likeness (QED) is 0.819. The Morgan fingerprint density at radius 2 is 2.36 bits per heavy atom. The van der Waals surface area contributed by atoms with E-state index < -0.39 is 0 Å². The zero-order valence-corrected chi connectivity index (χ0v) is 12.6. The number of carbonyl (C=O) groups excluding carboxylic acids is 2. The second kappa shape index (κ2) is 6.43. The van der Waals surface area contributed by atoms with Crippen molar-refractivity contribution in [1.29, 1.82) is 0 Å². The van der Waals surface area contributed by atoms with E-state index in [1.807, 2.05) is 6.92 Å². The molecule has 3 heterocycles. The van der Waals surface area contributed by atoms with Crippen LogP contribution in [0.4, 0.5) is 0 Å². The lowest BCUT2D eigenvalue weighted by atomic mass is 10.00. The van der Waals surface area contributed by atoms with E-state index in [0.29, 0.717) is 44.1 Å². The normalized spacial score (nSPS) is 24.8. The van der Waals surface area contributed by atoms with Crippen molar-refractivity contribution in [3.63, 3.8) is 0 Å². The van der Waals surface area contributed by atoms with Gasteiger partial charge < -0.3 is 19.5 Å². The number of aryl methyl sites for hydroxylation is 2. The van der Waals surface area contributed by atoms with Crippen LogP contribution in [0.2, 0.25) is 0 Å². The SMILES string of the molecule is CCc1noc(CCC(=O)N2CC[C@H]3OCC(=O)N[C@H]3C2)n1. The Kier molecular flexibility index (Phi) is 4.37. The fourth-order valence-corrected chi connectivity index (χ4v) is 2.83. The maximum atomic E-state index is 12.3. The zero-order valence-electron chi connectivity index (χ0n) is 12.6. The van der Waals surface area contributed by atoms with Gasteiger partial charge in [0.05, 0.1) is 12.1 Å². The minimum atomic E-state index is -0.117. The average Bonchev–Trinajstić information content (AvgIpc) is 3.00. The molecule has 22 heavy (non-hydrogen) atoms. The molecule has 8 heteroatoms. The summed E-state index contributed by atoms with van der Waals surface area (Å²) in [6, 6.07) is -0.103. The van der Waals surface area contributed by atoms with Crippen molar-refractivity contribution in [1.82, 2.24) is 20.4 Å². The average molecular weight is 308 g/mol. The van der Waals surface area contributed by atoms with Gasteiger partial charge >= 0.3 is 0 Å². The molecule has 120 valence electrons. The molecule has 3 rings (SSSR count). The maximum absolute atomic E-state index is 12.3. The first-order valence-corrected chi connectivity index (χ1v) is 7.66. The van der Waals surface area contributed by atoms with Crippen LogP contribution in [0, 0.1) is 0 Å². The fourth-order valence-electron chi connectivity index (χ4n) is 2.83. The standard InChI is InChI=1S/C14H20N4O4/c1-2-11-16-13(22-17-11)3-4-14(20)18-6-5-10-9(7-18)15-12(19)8-21-10/h9-10H,2-8H2,1H3,(H,15,19)/t9-,10+/m0/s1. The Morgan fingerprint density at radius 1 is 1.50 bits per heavy atom. The number of aromatic nitrogens is 2. The van der Waals surface area contributed by atoms with E-state index >= 15 is 0 Å². The number of nitrogens with one attached hydrogen (secondary N) is 1. The summed E-state index contributed by atoms with van der Waals surface area (Å²) < 4.78 is 10.6. The van der Waals surface area contributed by atoms with Crippen molar-refractivity contribution in [2.75, 3.05) is 19.7 Å². The summed E-state index contributed by atoms with van der Waals surface area (Å²) in [4.78, 5) is 29.6. The van der Waals surface area contributed by atoms with Gasteiger partial charge in [-0.25, -0.2) is 0 Å². The highest BCUT2D eigenvalue weighted by atomic mass is 16.5. The van der Waals surface area contributed by atoms with Crippen LogP contribution in [0.3, 0.4) is 0 Å². The minimum Gasteiger partial charge on any atom is -0.366 e. The summed E-state index contributed by atoms with van der Waals surface area (Å²) >= 11 is 0. The summed E-state index contributed by atoms with van der Waals surface area (Å²) in [5, 5.41) is 6.70. The van der Waals surface area contributed by atoms with Gasteiger partial charge in [-0.15, -0.1) is 0 Å². The molecule has 0 spiro atoms. The third kappa shape index (κ3) is 3.27. The summed E-state index contributed by atoms with van der Waals surface area (Å²) in [5.74, 6) is 1.07. The number of hydrogen-bond donors (Lipinski definition) is 1. The topological polar surface area (TPSA) is 97.6 Å². The van der Waals surface area contributed by atoms with Crippen molar-refractivity contribution in [2.24, 2.45) is 0 Å². The predicted octanol–water partition coefficient (Wildman–Crippen LogP) is -0.319. The molecule has 2 amide bonds. The Labute approximate surface area is 128 Å². The molecule has 1 aromatic rings. The number of morpholine rings is 1. The maximum Gasteiger partial charge on any atom is 0.246 e. The van der Waals surface area contributed by atoms with E-state index in [9.17, 15) is 9.59 Å². The van der Waals surface area contributed by atoms with Gasteiger partial charge in [0.15, 0.2) is 5.82 Å². The van der Waals surface area contributed by atoms with Crippen LogP contribution in [0.1, 0.15) is 31.5 Å². The predicted molar refractivity (Wildman–Crippen MR) is 74.9 cm³/mol. The number of ether oxygens (including phenoxy) is 1. The third-order valence-electron chi connectivity index (χ3n) is 4.06. The Balaban J connectivity index is 1.51. The summed E-state index contributed by atoms with van der Waals surface area (Å²) in [6.45, 7) is 3.22. The lowest BCUT2D eigenvalue weighted by molar-refractivity contribution is -0.146. The van der Waals surface area contributed by atoms with Gasteiger partial charge in [-0.2, -0.15) is 4.98 Å². The number of nitrogens with zero attached hydrogens (tertiary/aromatic N) is 3. The summed E-state index contributed by atoms with van der Waals surface area (Å²) in [7, 11) is 0. The van der Waals surface area contributed by atoms with Crippen LogP contribution in [0.15, 0.2) is 4.52 Å². The molecule has 8 nitrogen and oxygen atoms in total. The van der Waals surface area contributed by atoms with Crippen molar-refractivity contribution in [2.45, 2.75) is 44.8 Å². The van der Waals surface area contributed by atoms with Crippen molar-refractivity contribution >= 4 is 11.8 Å². The first-order valence-electron chi connectivity index (χ1n) is 7.66. The number of hydrogen-bond acceptors (Lipinski definition) is 6. The van der Waals surface area contributed by atoms with Crippen LogP contribution in [0.5, 0.6) is 0 Å². The number of rotatable bonds is 4. The second-order valence-electron chi connectivity index (χ2n) is 5.61. The molecule has 2 fully saturated rings. The molecular weight excluding hydrogens is 288 g/mol. The van der Waals surface area contributed by atoms with Gasteiger partial charge in [-0.1, -0.05) is 12.1 Å². The smallest absolute Gasteiger partial charge is 0.246 e. The number of carbonyl (C=O) groups is 2. The number of likely N-dealkylation sites (tertiary alicyclic amines) is 1. The molecule has 0 bridgehead atoms. The first-order chi connectivity index (χ1) is 10.7. The second-order valence-corrected chi connectivity index (χ2v) is 5.61. The minimum absolute atomic E-state index is 0.0183. The summed E-state index contributed by atoms with van der Waals surface area (Å²) in [5.41, 5.74) is 0. The van der Waals surface area contributed by atoms with E-state index in [2.05, 4.69) is 15.5 Å². The summed E-state index contributed by atoms with van der Waals surface area (Å²) in [6.07, 6.45) is 2.25. The lowest BCUT2D eigenvalue weighted by Gasteiger charge is -2.41. The van der Waals surface area contributed by atoms with Gasteiger partial charge in [0.1, 0.15) is 6.61 Å². The van der Waals surface area contributed by atoms with E-state index in [0.717, 1.165) is 6.42 Å². The van der Waals surface area contributed by atoms with E-state index in [1.165, 1.54) is 0 Å². The molecule has 2 aliphatic heterocycles. The largest absolute Gasteiger partial charge is 0.366 e. The van der Waals surface area contributed by atoms with Crippen LogP contribution >= 0.6 is 0 Å². The first kappa shape index (κ1) is 15.0. The van der Waals surface area contributed by atoms with Crippen molar-refractivity contribution < 1.29 is 18.8 Å². The Bertz CT molecular complexity index is 559. The lowest BCUT2D eigenvalue weighted by Crippen LogP contribution is -2.61. The van der Waals surface area contributed by atoms with Gasteiger partial charge in [0.25, 0.3) is 0 Å². The van der Waals surface area contributed by atoms with Crippen molar-refractivity contribution in [3.8, 4) is 0 Å². The Morgan fingerprint density at radius 3 is 3.14 bits per heavy atom. The van der Waals surface area contributed by atoms with Gasteiger partial charge in [-0.3, -0.25) is 9.59 Å². The molecule has 1 N–H and O–H groups in total. The van der Waals surface area contributed by atoms with Crippen molar-refractivity contribution in [3.05, 3.63) is 11.7 Å². The highest BCUT2D eigenvalue weighted by molar-refractivity contribution is 5.79.